The molecule has 0 saturated heterocycles. The van der Waals surface area contributed by atoms with Crippen LogP contribution < -0.4 is 0 Å². The molecule has 0 aromatic rings. The summed E-state index contributed by atoms with van der Waals surface area (Å²) in [5.74, 6) is -0.0585. The van der Waals surface area contributed by atoms with Crippen molar-refractivity contribution in [2.75, 3.05) is 14.1 Å². The molecule has 1 atom stereocenters. The molecule has 66 valence electrons. The maximum absolute atomic E-state index is 11.4. The number of rotatable bonds is 2. The lowest BCUT2D eigenvalue weighted by molar-refractivity contribution is -0.128. The quantitative estimate of drug-likeness (QED) is 0.598. The highest BCUT2D eigenvalue weighted by Crippen LogP contribution is 2.10. The molecule has 12 heavy (non-hydrogen) atoms. The van der Waals surface area contributed by atoms with Crippen molar-refractivity contribution in [1.29, 1.82) is 0 Å². The van der Waals surface area contributed by atoms with Crippen LogP contribution in [0.15, 0.2) is 15.4 Å². The van der Waals surface area contributed by atoms with E-state index in [1.165, 1.54) is 4.90 Å². The lowest BCUT2D eigenvalue weighted by atomic mass is 10.1. The van der Waals surface area contributed by atoms with Crippen molar-refractivity contribution >= 4 is 11.6 Å². The monoisotopic (exact) mass is 168 g/mol. The average Bonchev–Trinajstić information content (AvgIpc) is 2.49. The van der Waals surface area contributed by atoms with Gasteiger partial charge in [-0.3, -0.25) is 4.79 Å². The maximum Gasteiger partial charge on any atom is 0.254 e. The molecule has 1 rings (SSSR count). The van der Waals surface area contributed by atoms with Crippen LogP contribution >= 0.6 is 0 Å². The van der Waals surface area contributed by atoms with Gasteiger partial charge in [-0.25, -0.2) is 0 Å². The van der Waals surface area contributed by atoms with Crippen LogP contribution in [0.2, 0.25) is 0 Å². The van der Waals surface area contributed by atoms with Gasteiger partial charge in [-0.15, -0.1) is 10.2 Å². The molecule has 5 nitrogen and oxygen atoms in total. The Morgan fingerprint density at radius 2 is 2.25 bits per heavy atom. The standard InChI is InChI=1S/C7H12N4O/c1-4-5-6(9-10-8-5)7(12)11(2)3/h6H,4H2,1-3H3. The first kappa shape index (κ1) is 8.83. The van der Waals surface area contributed by atoms with Crippen molar-refractivity contribution in [2.45, 2.75) is 19.4 Å². The molecule has 1 amide bonds. The van der Waals surface area contributed by atoms with Crippen LogP contribution in [0.4, 0.5) is 0 Å². The van der Waals surface area contributed by atoms with E-state index in [-0.39, 0.29) is 5.91 Å². The SMILES string of the molecule is CCC1=NN=NC1C(=O)N(C)C. The molecule has 0 bridgehead atoms. The van der Waals surface area contributed by atoms with Gasteiger partial charge in [-0.1, -0.05) is 6.92 Å². The van der Waals surface area contributed by atoms with Crippen molar-refractivity contribution in [3.05, 3.63) is 0 Å². The lowest BCUT2D eigenvalue weighted by Gasteiger charge is -2.13. The Labute approximate surface area is 71.2 Å². The van der Waals surface area contributed by atoms with E-state index >= 15 is 0 Å². The molecule has 0 aromatic heterocycles. The van der Waals surface area contributed by atoms with Crippen molar-refractivity contribution in [1.82, 2.24) is 4.90 Å². The van der Waals surface area contributed by atoms with Gasteiger partial charge in [0.25, 0.3) is 5.91 Å². The molecule has 0 radical (unpaired) electrons. The molecular formula is C7H12N4O. The van der Waals surface area contributed by atoms with Gasteiger partial charge in [0.2, 0.25) is 0 Å². The molecular weight excluding hydrogens is 156 g/mol. The second kappa shape index (κ2) is 3.42. The smallest absolute Gasteiger partial charge is 0.254 e. The molecule has 0 N–H and O–H groups in total. The lowest BCUT2D eigenvalue weighted by Crippen LogP contribution is -2.36. The highest BCUT2D eigenvalue weighted by atomic mass is 16.2. The zero-order valence-corrected chi connectivity index (χ0v) is 7.48. The van der Waals surface area contributed by atoms with Crippen LogP contribution in [0.3, 0.4) is 0 Å². The Morgan fingerprint density at radius 3 is 2.75 bits per heavy atom. The van der Waals surface area contributed by atoms with E-state index in [1.807, 2.05) is 6.92 Å². The Bertz CT molecular complexity index is 244. The van der Waals surface area contributed by atoms with Crippen LogP contribution in [0.5, 0.6) is 0 Å². The highest BCUT2D eigenvalue weighted by molar-refractivity contribution is 6.08. The van der Waals surface area contributed by atoms with Crippen LogP contribution in [-0.2, 0) is 4.79 Å². The fourth-order valence-electron chi connectivity index (χ4n) is 0.957. The fourth-order valence-corrected chi connectivity index (χ4v) is 0.957. The van der Waals surface area contributed by atoms with E-state index in [9.17, 15) is 4.79 Å². The Hall–Kier alpha value is -1.26. The van der Waals surface area contributed by atoms with Gasteiger partial charge in [-0.2, -0.15) is 0 Å². The summed E-state index contributed by atoms with van der Waals surface area (Å²) in [5, 5.41) is 11.0. The van der Waals surface area contributed by atoms with E-state index in [4.69, 9.17) is 0 Å². The number of hydrogen-bond donors (Lipinski definition) is 0. The molecule has 1 aliphatic rings. The van der Waals surface area contributed by atoms with Gasteiger partial charge < -0.3 is 4.90 Å². The van der Waals surface area contributed by atoms with E-state index < -0.39 is 6.04 Å². The molecule has 5 heteroatoms. The van der Waals surface area contributed by atoms with Gasteiger partial charge in [0.15, 0.2) is 6.04 Å². The Kier molecular flexibility index (Phi) is 2.52. The molecule has 0 aliphatic carbocycles. The van der Waals surface area contributed by atoms with Crippen LogP contribution in [0.25, 0.3) is 0 Å². The van der Waals surface area contributed by atoms with Gasteiger partial charge in [0, 0.05) is 14.1 Å². The van der Waals surface area contributed by atoms with Crippen LogP contribution in [0.1, 0.15) is 13.3 Å². The summed E-state index contributed by atoms with van der Waals surface area (Å²) in [6.07, 6.45) is 0.719. The van der Waals surface area contributed by atoms with Crippen LogP contribution in [0, 0.1) is 0 Å². The Morgan fingerprint density at radius 1 is 1.58 bits per heavy atom. The predicted octanol–water partition coefficient (Wildman–Crippen LogP) is 0.675. The minimum absolute atomic E-state index is 0.0585. The van der Waals surface area contributed by atoms with E-state index in [2.05, 4.69) is 15.4 Å². The van der Waals surface area contributed by atoms with Crippen molar-refractivity contribution in [3.63, 3.8) is 0 Å². The molecule has 0 saturated carbocycles. The third-order valence-electron chi connectivity index (χ3n) is 1.69. The van der Waals surface area contributed by atoms with Gasteiger partial charge in [0.05, 0.1) is 5.71 Å². The molecule has 1 unspecified atom stereocenters. The summed E-state index contributed by atoms with van der Waals surface area (Å²) in [4.78, 5) is 12.9. The third kappa shape index (κ3) is 1.49. The van der Waals surface area contributed by atoms with Crippen molar-refractivity contribution in [3.8, 4) is 0 Å². The van der Waals surface area contributed by atoms with Gasteiger partial charge in [-0.05, 0) is 11.6 Å². The molecule has 1 aliphatic heterocycles. The molecule has 0 spiro atoms. The summed E-state index contributed by atoms with van der Waals surface area (Å²) in [7, 11) is 3.40. The normalized spacial score (nSPS) is 20.9. The summed E-state index contributed by atoms with van der Waals surface area (Å²) in [6, 6.07) is -0.468. The summed E-state index contributed by atoms with van der Waals surface area (Å²) < 4.78 is 0. The number of carbonyl (C=O) groups excluding carboxylic acids is 1. The summed E-state index contributed by atoms with van der Waals surface area (Å²) in [5.41, 5.74) is 0.744. The first-order chi connectivity index (χ1) is 5.66. The average molecular weight is 168 g/mol. The van der Waals surface area contributed by atoms with E-state index in [0.717, 1.165) is 12.1 Å². The minimum Gasteiger partial charge on any atom is -0.347 e. The summed E-state index contributed by atoms with van der Waals surface area (Å²) >= 11 is 0. The van der Waals surface area contributed by atoms with Gasteiger partial charge in [0.1, 0.15) is 0 Å². The number of hydrogen-bond acceptors (Lipinski definition) is 4. The highest BCUT2D eigenvalue weighted by Gasteiger charge is 2.27. The number of nitrogens with zero attached hydrogens (tertiary/aromatic N) is 4. The Balaban J connectivity index is 2.71. The van der Waals surface area contributed by atoms with Crippen molar-refractivity contribution < 1.29 is 4.79 Å². The van der Waals surface area contributed by atoms with E-state index in [0.29, 0.717) is 0 Å². The van der Waals surface area contributed by atoms with Crippen LogP contribution in [-0.4, -0.2) is 36.7 Å². The third-order valence-corrected chi connectivity index (χ3v) is 1.69. The second-order valence-corrected chi connectivity index (χ2v) is 2.79. The number of carbonyl (C=O) groups is 1. The van der Waals surface area contributed by atoms with Gasteiger partial charge >= 0.3 is 0 Å². The zero-order valence-electron chi connectivity index (χ0n) is 7.48. The predicted molar refractivity (Wildman–Crippen MR) is 45.1 cm³/mol. The molecule has 0 fully saturated rings. The zero-order chi connectivity index (χ0) is 9.14. The van der Waals surface area contributed by atoms with Crippen molar-refractivity contribution in [2.24, 2.45) is 15.4 Å². The van der Waals surface area contributed by atoms with E-state index in [1.54, 1.807) is 14.1 Å². The minimum atomic E-state index is -0.468. The molecule has 1 heterocycles. The number of amides is 1. The number of likely N-dealkylation sites (N-methyl/N-ethyl adjacent to an activating group) is 1. The summed E-state index contributed by atoms with van der Waals surface area (Å²) in [6.45, 7) is 1.94. The first-order valence-corrected chi connectivity index (χ1v) is 3.84. The molecule has 0 aromatic carbocycles. The topological polar surface area (TPSA) is 57.4 Å². The fraction of sp³-hybridized carbons (Fsp3) is 0.714. The second-order valence-electron chi connectivity index (χ2n) is 2.79. The maximum atomic E-state index is 11.4. The largest absolute Gasteiger partial charge is 0.347 e. The first-order valence-electron chi connectivity index (χ1n) is 3.84.